The molecule has 1 unspecified atom stereocenters. The Morgan fingerprint density at radius 3 is 2.55 bits per heavy atom. The predicted octanol–water partition coefficient (Wildman–Crippen LogP) is 3.78. The van der Waals surface area contributed by atoms with Gasteiger partial charge in [0.15, 0.2) is 0 Å². The number of carbonyl (C=O) groups is 2. The summed E-state index contributed by atoms with van der Waals surface area (Å²) in [6.45, 7) is 0. The van der Waals surface area contributed by atoms with Gasteiger partial charge in [-0.25, -0.2) is 4.79 Å². The lowest BCUT2D eigenvalue weighted by Crippen LogP contribution is -2.47. The quantitative estimate of drug-likeness (QED) is 0.701. The van der Waals surface area contributed by atoms with Gasteiger partial charge in [-0.2, -0.15) is 5.10 Å². The summed E-state index contributed by atoms with van der Waals surface area (Å²) in [5.41, 5.74) is 4.10. The van der Waals surface area contributed by atoms with Crippen LogP contribution in [0, 0.1) is 5.41 Å². The topological polar surface area (TPSA) is 75.4 Å². The van der Waals surface area contributed by atoms with Crippen LogP contribution in [-0.2, 0) is 31.1 Å². The number of carbonyl (C=O) groups excluding carboxylic acids is 1. The minimum atomic E-state index is -0.958. The van der Waals surface area contributed by atoms with Crippen molar-refractivity contribution in [1.29, 1.82) is 0 Å². The van der Waals surface area contributed by atoms with Crippen LogP contribution >= 0.6 is 11.6 Å². The number of aromatic nitrogens is 2. The van der Waals surface area contributed by atoms with E-state index in [9.17, 15) is 14.7 Å². The van der Waals surface area contributed by atoms with Gasteiger partial charge in [0.05, 0.1) is 28.6 Å². The Morgan fingerprint density at radius 2 is 1.83 bits per heavy atom. The monoisotopic (exact) mass is 407 g/mol. The zero-order chi connectivity index (χ0) is 20.3. The molecule has 0 radical (unpaired) electrons. The third kappa shape index (κ3) is 2.75. The summed E-state index contributed by atoms with van der Waals surface area (Å²) in [4.78, 5) is 26.9. The normalized spacial score (nSPS) is 20.1. The van der Waals surface area contributed by atoms with Crippen molar-refractivity contribution in [2.24, 2.45) is 12.5 Å². The first kappa shape index (κ1) is 17.9. The van der Waals surface area contributed by atoms with Crippen LogP contribution in [0.2, 0.25) is 5.02 Å². The summed E-state index contributed by atoms with van der Waals surface area (Å²) < 4.78 is 1.66. The van der Waals surface area contributed by atoms with Crippen LogP contribution in [0.4, 0.5) is 11.4 Å². The van der Waals surface area contributed by atoms with Gasteiger partial charge in [0.25, 0.3) is 0 Å². The van der Waals surface area contributed by atoms with Gasteiger partial charge in [-0.05, 0) is 60.2 Å². The fourth-order valence-electron chi connectivity index (χ4n) is 4.63. The van der Waals surface area contributed by atoms with Crippen molar-refractivity contribution in [3.63, 3.8) is 0 Å². The number of rotatable bonds is 2. The van der Waals surface area contributed by atoms with Crippen LogP contribution in [0.5, 0.6) is 0 Å². The number of carboxylic acids is 1. The molecular weight excluding hydrogens is 390 g/mol. The molecule has 1 spiro atoms. The number of amides is 1. The Balaban J connectivity index is 1.63. The van der Waals surface area contributed by atoms with Crippen LogP contribution in [0.3, 0.4) is 0 Å². The molecule has 0 saturated carbocycles. The number of hydrogen-bond acceptors (Lipinski definition) is 3. The number of hydrogen-bond donors (Lipinski definition) is 1. The van der Waals surface area contributed by atoms with Gasteiger partial charge in [0.2, 0.25) is 5.91 Å². The molecule has 2 aliphatic rings. The Hall–Kier alpha value is -3.12. The first-order valence-corrected chi connectivity index (χ1v) is 9.71. The molecule has 0 bridgehead atoms. The average Bonchev–Trinajstić information content (AvgIpc) is 3.26. The molecule has 1 aliphatic heterocycles. The molecule has 5 rings (SSSR count). The van der Waals surface area contributed by atoms with Crippen molar-refractivity contribution in [2.75, 3.05) is 4.90 Å². The molecule has 2 aromatic carbocycles. The lowest BCUT2D eigenvalue weighted by molar-refractivity contribution is -0.127. The molecule has 0 saturated heterocycles. The largest absolute Gasteiger partial charge is 0.478 e. The number of fused-ring (bicyclic) bond motifs is 2. The number of halogens is 1. The van der Waals surface area contributed by atoms with Gasteiger partial charge < -0.3 is 5.11 Å². The number of aromatic carboxylic acids is 1. The standard InChI is InChI=1S/C22H18ClN3O3/c1-25-12-18(11-24-25)26-19-7-17(23)5-4-15(19)9-22(21(26)29)8-14-3-2-13(20(27)28)6-16(14)10-22/h2-7,11-12H,8-10H2,1H3,(H,27,28). The third-order valence-corrected chi connectivity index (χ3v) is 6.17. The average molecular weight is 408 g/mol. The first-order chi connectivity index (χ1) is 13.9. The SMILES string of the molecule is Cn1cc(N2C(=O)C3(Cc4ccc(C(=O)O)cc4C3)Cc3ccc(Cl)cc32)cn1. The van der Waals surface area contributed by atoms with Crippen molar-refractivity contribution in [3.05, 3.63) is 76.1 Å². The number of anilines is 2. The van der Waals surface area contributed by atoms with E-state index in [-0.39, 0.29) is 11.5 Å². The molecule has 1 aliphatic carbocycles. The van der Waals surface area contributed by atoms with Crippen LogP contribution in [-0.4, -0.2) is 26.8 Å². The first-order valence-electron chi connectivity index (χ1n) is 9.33. The van der Waals surface area contributed by atoms with Gasteiger partial charge in [-0.15, -0.1) is 0 Å². The molecule has 146 valence electrons. The predicted molar refractivity (Wildman–Crippen MR) is 109 cm³/mol. The van der Waals surface area contributed by atoms with Gasteiger partial charge >= 0.3 is 5.97 Å². The second kappa shape index (κ2) is 6.19. The maximum Gasteiger partial charge on any atom is 0.335 e. The van der Waals surface area contributed by atoms with Crippen LogP contribution in [0.15, 0.2) is 48.8 Å². The smallest absolute Gasteiger partial charge is 0.335 e. The summed E-state index contributed by atoms with van der Waals surface area (Å²) in [5, 5.41) is 14.1. The molecule has 6 nitrogen and oxygen atoms in total. The third-order valence-electron chi connectivity index (χ3n) is 5.93. The maximum absolute atomic E-state index is 13.9. The van der Waals surface area contributed by atoms with Crippen LogP contribution in [0.1, 0.15) is 27.0 Å². The Labute approximate surface area is 172 Å². The van der Waals surface area contributed by atoms with E-state index in [1.807, 2.05) is 37.5 Å². The highest BCUT2D eigenvalue weighted by Gasteiger charge is 2.50. The van der Waals surface area contributed by atoms with E-state index < -0.39 is 11.4 Å². The summed E-state index contributed by atoms with van der Waals surface area (Å²) in [6, 6.07) is 10.8. The van der Waals surface area contributed by atoms with Crippen molar-refractivity contribution in [1.82, 2.24) is 9.78 Å². The molecular formula is C22H18ClN3O3. The number of benzene rings is 2. The Morgan fingerprint density at radius 1 is 1.10 bits per heavy atom. The Kier molecular flexibility index (Phi) is 3.83. The van der Waals surface area contributed by atoms with Crippen molar-refractivity contribution in [3.8, 4) is 0 Å². The maximum atomic E-state index is 13.9. The molecule has 7 heteroatoms. The van der Waals surface area contributed by atoms with E-state index in [2.05, 4.69) is 5.10 Å². The minimum Gasteiger partial charge on any atom is -0.478 e. The number of carboxylic acid groups (broad SMARTS) is 1. The summed E-state index contributed by atoms with van der Waals surface area (Å²) in [7, 11) is 1.81. The number of aryl methyl sites for hydroxylation is 1. The fraction of sp³-hybridized carbons (Fsp3) is 0.227. The molecule has 1 atom stereocenters. The summed E-state index contributed by atoms with van der Waals surface area (Å²) in [6.07, 6.45) is 5.17. The van der Waals surface area contributed by atoms with Crippen LogP contribution < -0.4 is 4.90 Å². The molecule has 0 fully saturated rings. The molecule has 1 amide bonds. The highest BCUT2D eigenvalue weighted by molar-refractivity contribution is 6.31. The minimum absolute atomic E-state index is 0.00617. The van der Waals surface area contributed by atoms with Gasteiger partial charge in [0.1, 0.15) is 0 Å². The lowest BCUT2D eigenvalue weighted by atomic mass is 9.74. The fourth-order valence-corrected chi connectivity index (χ4v) is 4.79. The van der Waals surface area contributed by atoms with Gasteiger partial charge in [-0.3, -0.25) is 14.4 Å². The molecule has 1 N–H and O–H groups in total. The number of nitrogens with zero attached hydrogens (tertiary/aromatic N) is 3. The van der Waals surface area contributed by atoms with Gasteiger partial charge in [0, 0.05) is 18.3 Å². The second-order valence-corrected chi connectivity index (χ2v) is 8.32. The summed E-state index contributed by atoms with van der Waals surface area (Å²) in [5.74, 6) is -0.964. The summed E-state index contributed by atoms with van der Waals surface area (Å²) >= 11 is 6.24. The van der Waals surface area contributed by atoms with E-state index >= 15 is 0 Å². The molecule has 3 aromatic rings. The zero-order valence-electron chi connectivity index (χ0n) is 15.7. The van der Waals surface area contributed by atoms with Crippen molar-refractivity contribution < 1.29 is 14.7 Å². The van der Waals surface area contributed by atoms with E-state index in [1.165, 1.54) is 0 Å². The van der Waals surface area contributed by atoms with Gasteiger partial charge in [-0.1, -0.05) is 23.7 Å². The van der Waals surface area contributed by atoms with E-state index in [0.717, 1.165) is 22.4 Å². The van der Waals surface area contributed by atoms with E-state index in [0.29, 0.717) is 30.0 Å². The lowest BCUT2D eigenvalue weighted by Gasteiger charge is -2.40. The molecule has 2 heterocycles. The van der Waals surface area contributed by atoms with Crippen molar-refractivity contribution >= 4 is 34.9 Å². The van der Waals surface area contributed by atoms with Crippen LogP contribution in [0.25, 0.3) is 0 Å². The van der Waals surface area contributed by atoms with E-state index in [4.69, 9.17) is 11.6 Å². The Bertz CT molecular complexity index is 1190. The van der Waals surface area contributed by atoms with E-state index in [1.54, 1.807) is 27.9 Å². The van der Waals surface area contributed by atoms with Crippen molar-refractivity contribution in [2.45, 2.75) is 19.3 Å². The zero-order valence-corrected chi connectivity index (χ0v) is 16.5. The highest BCUT2D eigenvalue weighted by Crippen LogP contribution is 2.49. The molecule has 29 heavy (non-hydrogen) atoms. The second-order valence-electron chi connectivity index (χ2n) is 7.89. The highest BCUT2D eigenvalue weighted by atomic mass is 35.5. The molecule has 1 aromatic heterocycles.